The highest BCUT2D eigenvalue weighted by Crippen LogP contribution is 2.35. The van der Waals surface area contributed by atoms with E-state index in [1.807, 2.05) is 0 Å². The third-order valence-corrected chi connectivity index (χ3v) is 6.81. The number of rotatable bonds is 14. The molecule has 11 heteroatoms. The third kappa shape index (κ3) is 8.72. The number of pyridine rings is 1. The highest BCUT2D eigenvalue weighted by atomic mass is 35.5. The quantitative estimate of drug-likeness (QED) is 0.152. The Labute approximate surface area is 244 Å². The van der Waals surface area contributed by atoms with Crippen LogP contribution in [0.5, 0.6) is 17.2 Å². The van der Waals surface area contributed by atoms with Crippen LogP contribution in [-0.2, 0) is 9.53 Å². The second kappa shape index (κ2) is 14.5. The van der Waals surface area contributed by atoms with E-state index in [9.17, 15) is 14.4 Å². The van der Waals surface area contributed by atoms with Crippen LogP contribution in [0.1, 0.15) is 62.2 Å². The zero-order valence-electron chi connectivity index (χ0n) is 23.3. The number of urea groups is 1. The van der Waals surface area contributed by atoms with E-state index in [1.165, 1.54) is 7.11 Å². The third-order valence-electron chi connectivity index (χ3n) is 6.50. The molecule has 1 fully saturated rings. The number of nitrogens with one attached hydrogen (secondary N) is 3. The van der Waals surface area contributed by atoms with Crippen LogP contribution in [0.4, 0.5) is 10.5 Å². The fraction of sp³-hybridized carbons (Fsp3) is 0.400. The minimum Gasteiger partial charge on any atom is -0.496 e. The van der Waals surface area contributed by atoms with E-state index < -0.39 is 0 Å². The van der Waals surface area contributed by atoms with Gasteiger partial charge < -0.3 is 30.2 Å². The predicted octanol–water partition coefficient (Wildman–Crippen LogP) is 6.22. The Balaban J connectivity index is 1.39. The Kier molecular flexibility index (Phi) is 10.6. The standard InChI is InChI=1S/C30H35ClN4O6/c1-3-40-28(36)8-6-4-5-7-14-33-29(37)22-17-21-25(18-27(22)39-2)32-15-13-26(21)41-20-11-12-24(23(31)16-20)35-30(38)34-19-9-10-19/h11-13,15-19H,3-10,14H2,1-2H3,(H,33,37)(H2,34,35,38). The first-order valence-electron chi connectivity index (χ1n) is 13.8. The average molecular weight is 583 g/mol. The van der Waals surface area contributed by atoms with Crippen molar-refractivity contribution in [2.24, 2.45) is 0 Å². The maximum atomic E-state index is 13.1. The van der Waals surface area contributed by atoms with Gasteiger partial charge >= 0.3 is 12.0 Å². The second-order valence-electron chi connectivity index (χ2n) is 9.72. The van der Waals surface area contributed by atoms with Gasteiger partial charge in [0.1, 0.15) is 17.2 Å². The lowest BCUT2D eigenvalue weighted by Gasteiger charge is -2.14. The van der Waals surface area contributed by atoms with Gasteiger partial charge in [-0.2, -0.15) is 0 Å². The molecule has 10 nitrogen and oxygen atoms in total. The number of hydrogen-bond acceptors (Lipinski definition) is 7. The molecule has 0 aliphatic heterocycles. The minimum absolute atomic E-state index is 0.174. The first-order chi connectivity index (χ1) is 19.9. The summed E-state index contributed by atoms with van der Waals surface area (Å²) in [5.74, 6) is 0.898. The van der Waals surface area contributed by atoms with Crippen molar-refractivity contribution in [3.8, 4) is 17.2 Å². The predicted molar refractivity (Wildman–Crippen MR) is 157 cm³/mol. The van der Waals surface area contributed by atoms with Crippen molar-refractivity contribution >= 4 is 46.1 Å². The number of fused-ring (bicyclic) bond motifs is 1. The minimum atomic E-state index is -0.294. The van der Waals surface area contributed by atoms with E-state index in [1.54, 1.807) is 49.5 Å². The first-order valence-corrected chi connectivity index (χ1v) is 14.2. The van der Waals surface area contributed by atoms with Crippen LogP contribution in [0.25, 0.3) is 10.9 Å². The molecule has 4 rings (SSSR count). The Morgan fingerprint density at radius 3 is 2.56 bits per heavy atom. The van der Waals surface area contributed by atoms with Crippen molar-refractivity contribution in [1.82, 2.24) is 15.6 Å². The number of methoxy groups -OCH3 is 1. The van der Waals surface area contributed by atoms with Gasteiger partial charge in [-0.25, -0.2) is 4.79 Å². The molecule has 1 saturated carbocycles. The highest BCUT2D eigenvalue weighted by Gasteiger charge is 2.23. The van der Waals surface area contributed by atoms with Gasteiger partial charge in [0.25, 0.3) is 5.91 Å². The maximum absolute atomic E-state index is 13.1. The van der Waals surface area contributed by atoms with Crippen LogP contribution >= 0.6 is 11.6 Å². The molecule has 218 valence electrons. The number of nitrogens with zero attached hydrogens (tertiary/aromatic N) is 1. The second-order valence-corrected chi connectivity index (χ2v) is 10.1. The number of aromatic nitrogens is 1. The van der Waals surface area contributed by atoms with Crippen molar-refractivity contribution in [3.05, 3.63) is 53.2 Å². The Morgan fingerprint density at radius 2 is 1.83 bits per heavy atom. The van der Waals surface area contributed by atoms with Crippen LogP contribution < -0.4 is 25.4 Å². The van der Waals surface area contributed by atoms with Crippen LogP contribution in [0.2, 0.25) is 5.02 Å². The van der Waals surface area contributed by atoms with E-state index in [4.69, 9.17) is 25.8 Å². The lowest BCUT2D eigenvalue weighted by atomic mass is 10.1. The Morgan fingerprint density at radius 1 is 1.02 bits per heavy atom. The van der Waals surface area contributed by atoms with E-state index >= 15 is 0 Å². The van der Waals surface area contributed by atoms with E-state index in [2.05, 4.69) is 20.9 Å². The van der Waals surface area contributed by atoms with Crippen LogP contribution in [0.15, 0.2) is 42.6 Å². The summed E-state index contributed by atoms with van der Waals surface area (Å²) in [4.78, 5) is 41.0. The fourth-order valence-corrected chi connectivity index (χ4v) is 4.44. The Hall–Kier alpha value is -4.05. The monoisotopic (exact) mass is 582 g/mol. The van der Waals surface area contributed by atoms with Gasteiger partial charge in [-0.1, -0.05) is 24.4 Å². The van der Waals surface area contributed by atoms with Gasteiger partial charge in [-0.3, -0.25) is 14.6 Å². The van der Waals surface area contributed by atoms with Crippen LogP contribution in [0.3, 0.4) is 0 Å². The normalized spacial score (nSPS) is 12.5. The molecule has 3 amide bonds. The van der Waals surface area contributed by atoms with Crippen molar-refractivity contribution < 1.29 is 28.6 Å². The molecule has 0 saturated heterocycles. The summed E-state index contributed by atoms with van der Waals surface area (Å²) < 4.78 is 16.5. The molecule has 0 radical (unpaired) electrons. The number of amides is 3. The number of esters is 1. The van der Waals surface area contributed by atoms with E-state index in [0.717, 1.165) is 38.5 Å². The number of anilines is 1. The lowest BCUT2D eigenvalue weighted by Crippen LogP contribution is -2.30. The number of hydrogen-bond donors (Lipinski definition) is 3. The molecule has 0 atom stereocenters. The molecule has 1 aromatic heterocycles. The van der Waals surface area contributed by atoms with Crippen LogP contribution in [0, 0.1) is 0 Å². The molecule has 0 unspecified atom stereocenters. The van der Waals surface area contributed by atoms with Gasteiger partial charge in [-0.15, -0.1) is 0 Å². The van der Waals surface area contributed by atoms with Gasteiger partial charge in [0, 0.05) is 42.7 Å². The molecule has 3 aromatic rings. The first kappa shape index (κ1) is 29.9. The zero-order chi connectivity index (χ0) is 29.2. The molecule has 1 aliphatic carbocycles. The molecule has 2 aromatic carbocycles. The molecule has 1 heterocycles. The molecule has 3 N–H and O–H groups in total. The Bertz CT molecular complexity index is 1390. The topological polar surface area (TPSA) is 128 Å². The smallest absolute Gasteiger partial charge is 0.319 e. The van der Waals surface area contributed by atoms with Crippen molar-refractivity contribution in [2.75, 3.05) is 25.6 Å². The fourth-order valence-electron chi connectivity index (χ4n) is 4.22. The number of unbranched alkanes of at least 4 members (excludes halogenated alkanes) is 3. The number of benzene rings is 2. The summed E-state index contributed by atoms with van der Waals surface area (Å²) in [6.45, 7) is 2.68. The summed E-state index contributed by atoms with van der Waals surface area (Å²) in [6.07, 6.45) is 7.32. The largest absolute Gasteiger partial charge is 0.496 e. The molecular weight excluding hydrogens is 548 g/mol. The molecule has 0 bridgehead atoms. The van der Waals surface area contributed by atoms with Crippen molar-refractivity contribution in [1.29, 1.82) is 0 Å². The summed E-state index contributed by atoms with van der Waals surface area (Å²) in [5, 5.41) is 9.50. The molecule has 0 spiro atoms. The van der Waals surface area contributed by atoms with Gasteiger partial charge in [0.2, 0.25) is 0 Å². The van der Waals surface area contributed by atoms with Crippen LogP contribution in [-0.4, -0.2) is 49.2 Å². The summed E-state index contributed by atoms with van der Waals surface area (Å²) in [7, 11) is 1.50. The lowest BCUT2D eigenvalue weighted by molar-refractivity contribution is -0.143. The van der Waals surface area contributed by atoms with E-state index in [-0.39, 0.29) is 23.9 Å². The summed E-state index contributed by atoms with van der Waals surface area (Å²) in [6, 6.07) is 10.0. The molecular formula is C30H35ClN4O6. The number of carbonyl (C=O) groups is 3. The van der Waals surface area contributed by atoms with Gasteiger partial charge in [0.15, 0.2) is 0 Å². The molecule has 1 aliphatic rings. The highest BCUT2D eigenvalue weighted by molar-refractivity contribution is 6.33. The number of halogens is 1. The van der Waals surface area contributed by atoms with Crippen molar-refractivity contribution in [3.63, 3.8) is 0 Å². The summed E-state index contributed by atoms with van der Waals surface area (Å²) >= 11 is 6.41. The number of ether oxygens (including phenoxy) is 3. The van der Waals surface area contributed by atoms with E-state index in [0.29, 0.717) is 64.0 Å². The van der Waals surface area contributed by atoms with Gasteiger partial charge in [-0.05, 0) is 56.9 Å². The average Bonchev–Trinajstić information content (AvgIpc) is 3.77. The SMILES string of the molecule is CCOC(=O)CCCCCCNC(=O)c1cc2c(Oc3ccc(NC(=O)NC4CC4)c(Cl)c3)ccnc2cc1OC. The maximum Gasteiger partial charge on any atom is 0.319 e. The van der Waals surface area contributed by atoms with Crippen molar-refractivity contribution in [2.45, 2.75) is 57.9 Å². The summed E-state index contributed by atoms with van der Waals surface area (Å²) in [5.41, 5.74) is 1.43. The number of carbonyl (C=O) groups excluding carboxylic acids is 3. The zero-order valence-corrected chi connectivity index (χ0v) is 24.0. The molecule has 41 heavy (non-hydrogen) atoms. The van der Waals surface area contributed by atoms with Gasteiger partial charge in [0.05, 0.1) is 35.5 Å².